The van der Waals surface area contributed by atoms with Gasteiger partial charge in [0.1, 0.15) is 11.6 Å². The zero-order valence-corrected chi connectivity index (χ0v) is 11.5. The van der Waals surface area contributed by atoms with Crippen molar-refractivity contribution in [1.29, 1.82) is 0 Å². The molecule has 1 aliphatic rings. The fraction of sp³-hybridized carbons (Fsp3) is 0.667. The van der Waals surface area contributed by atoms with Crippen molar-refractivity contribution in [2.75, 3.05) is 56.3 Å². The number of nitrogens with zero attached hydrogens (tertiary/aromatic N) is 3. The van der Waals surface area contributed by atoms with E-state index in [-0.39, 0.29) is 12.0 Å². The molecular weight excluding hydrogens is 244 g/mol. The first-order valence-corrected chi connectivity index (χ1v) is 6.56. The van der Waals surface area contributed by atoms with Crippen LogP contribution in [0.4, 0.5) is 17.6 Å². The van der Waals surface area contributed by atoms with Crippen molar-refractivity contribution in [1.82, 2.24) is 14.9 Å². The first-order valence-electron chi connectivity index (χ1n) is 6.56. The van der Waals surface area contributed by atoms with Crippen LogP contribution in [0.3, 0.4) is 0 Å². The van der Waals surface area contributed by atoms with Gasteiger partial charge in [-0.2, -0.15) is 9.97 Å². The van der Waals surface area contributed by atoms with Crippen molar-refractivity contribution in [3.63, 3.8) is 0 Å². The normalized spacial score (nSPS) is 18.0. The summed E-state index contributed by atoms with van der Waals surface area (Å²) in [6, 6.07) is 2.14. The predicted molar refractivity (Wildman–Crippen MR) is 76.3 cm³/mol. The quantitative estimate of drug-likeness (QED) is 0.703. The van der Waals surface area contributed by atoms with Crippen LogP contribution in [0.25, 0.3) is 0 Å². The van der Waals surface area contributed by atoms with Gasteiger partial charge in [-0.25, -0.2) is 0 Å². The van der Waals surface area contributed by atoms with Gasteiger partial charge in [0, 0.05) is 38.8 Å². The molecular formula is C12H22N6O. The lowest BCUT2D eigenvalue weighted by Crippen LogP contribution is -2.42. The molecule has 2 rings (SSSR count). The van der Waals surface area contributed by atoms with Gasteiger partial charge in [-0.3, -0.25) is 4.90 Å². The summed E-state index contributed by atoms with van der Waals surface area (Å²) in [6.45, 7) is 6.70. The summed E-state index contributed by atoms with van der Waals surface area (Å²) < 4.78 is 5.34. The molecule has 0 amide bonds. The number of nitrogens with two attached hydrogens (primary N) is 1. The first-order chi connectivity index (χ1) is 9.17. The van der Waals surface area contributed by atoms with Crippen LogP contribution in [-0.4, -0.2) is 60.8 Å². The lowest BCUT2D eigenvalue weighted by Gasteiger charge is -2.29. The molecule has 1 fully saturated rings. The molecule has 106 valence electrons. The molecule has 1 aromatic rings. The molecule has 1 aliphatic heterocycles. The van der Waals surface area contributed by atoms with Gasteiger partial charge in [0.15, 0.2) is 0 Å². The number of aromatic nitrogens is 2. The third-order valence-electron chi connectivity index (χ3n) is 3.03. The molecule has 0 radical (unpaired) electrons. The number of nitrogens with one attached hydrogen (secondary N) is 2. The largest absolute Gasteiger partial charge is 0.379 e. The molecule has 7 nitrogen and oxygen atoms in total. The Morgan fingerprint density at radius 3 is 2.74 bits per heavy atom. The number of rotatable bonds is 5. The Morgan fingerprint density at radius 2 is 2.05 bits per heavy atom. The van der Waals surface area contributed by atoms with E-state index in [2.05, 4.69) is 32.4 Å². The molecule has 1 aromatic heterocycles. The van der Waals surface area contributed by atoms with Crippen LogP contribution in [-0.2, 0) is 4.74 Å². The number of anilines is 3. The zero-order valence-electron chi connectivity index (χ0n) is 11.5. The first kappa shape index (κ1) is 13.8. The number of hydrogen-bond acceptors (Lipinski definition) is 7. The van der Waals surface area contributed by atoms with E-state index in [0.29, 0.717) is 5.82 Å². The second-order valence-electron chi connectivity index (χ2n) is 4.70. The fourth-order valence-corrected chi connectivity index (χ4v) is 2.14. The minimum atomic E-state index is 0.271. The minimum absolute atomic E-state index is 0.271. The smallest absolute Gasteiger partial charge is 0.223 e. The van der Waals surface area contributed by atoms with Gasteiger partial charge in [0.2, 0.25) is 5.95 Å². The maximum absolute atomic E-state index is 5.67. The summed E-state index contributed by atoms with van der Waals surface area (Å²) >= 11 is 0. The van der Waals surface area contributed by atoms with E-state index in [0.717, 1.165) is 38.7 Å². The van der Waals surface area contributed by atoms with E-state index in [1.165, 1.54) is 0 Å². The highest BCUT2D eigenvalue weighted by atomic mass is 16.5. The summed E-state index contributed by atoms with van der Waals surface area (Å²) in [5.74, 6) is 1.74. The lowest BCUT2D eigenvalue weighted by atomic mass is 10.3. The number of hydrogen-bond donors (Lipinski definition) is 3. The summed E-state index contributed by atoms with van der Waals surface area (Å²) in [7, 11) is 1.81. The third-order valence-corrected chi connectivity index (χ3v) is 3.03. The molecule has 19 heavy (non-hydrogen) atoms. The van der Waals surface area contributed by atoms with Crippen LogP contribution in [0.1, 0.15) is 6.92 Å². The van der Waals surface area contributed by atoms with Crippen molar-refractivity contribution in [3.05, 3.63) is 6.07 Å². The van der Waals surface area contributed by atoms with Crippen molar-refractivity contribution in [2.45, 2.75) is 13.0 Å². The van der Waals surface area contributed by atoms with Crippen LogP contribution >= 0.6 is 0 Å². The average molecular weight is 266 g/mol. The van der Waals surface area contributed by atoms with Crippen molar-refractivity contribution < 1.29 is 4.74 Å². The molecule has 7 heteroatoms. The molecule has 4 N–H and O–H groups in total. The minimum Gasteiger partial charge on any atom is -0.379 e. The van der Waals surface area contributed by atoms with Crippen LogP contribution < -0.4 is 16.4 Å². The van der Waals surface area contributed by atoms with Gasteiger partial charge >= 0.3 is 0 Å². The number of ether oxygens (including phenoxy) is 1. The topological polar surface area (TPSA) is 88.3 Å². The third kappa shape index (κ3) is 4.22. The average Bonchev–Trinajstić information content (AvgIpc) is 2.38. The van der Waals surface area contributed by atoms with E-state index in [9.17, 15) is 0 Å². The van der Waals surface area contributed by atoms with Gasteiger partial charge < -0.3 is 21.1 Å². The monoisotopic (exact) mass is 266 g/mol. The maximum Gasteiger partial charge on any atom is 0.223 e. The van der Waals surface area contributed by atoms with E-state index >= 15 is 0 Å². The second-order valence-corrected chi connectivity index (χ2v) is 4.70. The Bertz CT molecular complexity index is 407. The summed E-state index contributed by atoms with van der Waals surface area (Å²) in [5.41, 5.74) is 5.67. The fourth-order valence-electron chi connectivity index (χ4n) is 2.14. The Morgan fingerprint density at radius 1 is 1.37 bits per heavy atom. The van der Waals surface area contributed by atoms with E-state index < -0.39 is 0 Å². The molecule has 1 saturated heterocycles. The highest BCUT2D eigenvalue weighted by Gasteiger charge is 2.14. The van der Waals surface area contributed by atoms with E-state index in [4.69, 9.17) is 10.5 Å². The van der Waals surface area contributed by atoms with Crippen LogP contribution in [0.5, 0.6) is 0 Å². The SMILES string of the molecule is CNc1cc(NC(C)CN2CCOCC2)nc(N)n1. The Kier molecular flexibility index (Phi) is 4.75. The molecule has 1 atom stereocenters. The standard InChI is InChI=1S/C12H22N6O/c1-9(8-18-3-5-19-6-4-18)15-11-7-10(14-2)16-12(13)17-11/h7,9H,3-6,8H2,1-2H3,(H4,13,14,15,16,17). The lowest BCUT2D eigenvalue weighted by molar-refractivity contribution is 0.0368. The summed E-state index contributed by atoms with van der Waals surface area (Å²) in [6.07, 6.45) is 0. The van der Waals surface area contributed by atoms with Gasteiger partial charge in [0.25, 0.3) is 0 Å². The Labute approximate surface area is 113 Å². The Hall–Kier alpha value is -1.60. The maximum atomic E-state index is 5.67. The van der Waals surface area contributed by atoms with Crippen LogP contribution in [0.15, 0.2) is 6.07 Å². The Balaban J connectivity index is 1.90. The van der Waals surface area contributed by atoms with Crippen molar-refractivity contribution in [2.24, 2.45) is 0 Å². The van der Waals surface area contributed by atoms with E-state index in [1.54, 1.807) is 0 Å². The van der Waals surface area contributed by atoms with Gasteiger partial charge in [0.05, 0.1) is 13.2 Å². The van der Waals surface area contributed by atoms with Gasteiger partial charge in [-0.1, -0.05) is 0 Å². The van der Waals surface area contributed by atoms with Crippen LogP contribution in [0, 0.1) is 0 Å². The van der Waals surface area contributed by atoms with Crippen LogP contribution in [0.2, 0.25) is 0 Å². The van der Waals surface area contributed by atoms with E-state index in [1.807, 2.05) is 13.1 Å². The number of nitrogen functional groups attached to an aromatic ring is 1. The zero-order chi connectivity index (χ0) is 13.7. The molecule has 2 heterocycles. The van der Waals surface area contributed by atoms with Crippen molar-refractivity contribution in [3.8, 4) is 0 Å². The molecule has 0 bridgehead atoms. The van der Waals surface area contributed by atoms with Gasteiger partial charge in [-0.05, 0) is 6.92 Å². The summed E-state index contributed by atoms with van der Waals surface area (Å²) in [4.78, 5) is 10.6. The van der Waals surface area contributed by atoms with Gasteiger partial charge in [-0.15, -0.1) is 0 Å². The molecule has 0 saturated carbocycles. The highest BCUT2D eigenvalue weighted by Crippen LogP contribution is 2.13. The summed E-state index contributed by atoms with van der Waals surface area (Å²) in [5, 5.41) is 6.32. The second kappa shape index (κ2) is 6.53. The predicted octanol–water partition coefficient (Wildman–Crippen LogP) is 0.233. The highest BCUT2D eigenvalue weighted by molar-refractivity contribution is 5.51. The molecule has 0 aromatic carbocycles. The molecule has 1 unspecified atom stereocenters. The number of morpholine rings is 1. The van der Waals surface area contributed by atoms with Crippen molar-refractivity contribution >= 4 is 17.6 Å². The molecule has 0 spiro atoms. The molecule has 0 aliphatic carbocycles.